The van der Waals surface area contributed by atoms with Crippen LogP contribution in [0.4, 0.5) is 0 Å². The molecule has 0 saturated heterocycles. The third-order valence-electron chi connectivity index (χ3n) is 9.11. The Morgan fingerprint density at radius 1 is 0.933 bits per heavy atom. The van der Waals surface area contributed by atoms with Crippen molar-refractivity contribution in [2.45, 2.75) is 118 Å². The molecule has 0 radical (unpaired) electrons. The van der Waals surface area contributed by atoms with Gasteiger partial charge in [-0.05, 0) is 78.9 Å². The standard InChI is InChI=1S/C27H49NO2/c1-19(2)10-9-12-21(4)24-13-14-25-23(18-26(29)30)22(15-16-27(24,25)5)20(3)11-7-6-8-17-28/h19-26,29-30H,6-16,18H2,1-5H3/t20?,21?,22?,23-,24-,25?,27?/m1/s1. The molecule has 30 heavy (non-hydrogen) atoms. The first-order valence-corrected chi connectivity index (χ1v) is 12.9. The zero-order valence-electron chi connectivity index (χ0n) is 20.4. The van der Waals surface area contributed by atoms with Crippen LogP contribution in [-0.4, -0.2) is 16.5 Å². The lowest BCUT2D eigenvalue weighted by molar-refractivity contribution is -0.0990. The smallest absolute Gasteiger partial charge is 0.151 e. The molecule has 0 heterocycles. The van der Waals surface area contributed by atoms with E-state index in [4.69, 9.17) is 5.26 Å². The molecule has 2 fully saturated rings. The lowest BCUT2D eigenvalue weighted by Gasteiger charge is -2.52. The molecule has 7 atom stereocenters. The summed E-state index contributed by atoms with van der Waals surface area (Å²) < 4.78 is 0. The Morgan fingerprint density at radius 3 is 2.27 bits per heavy atom. The van der Waals surface area contributed by atoms with Gasteiger partial charge < -0.3 is 10.2 Å². The van der Waals surface area contributed by atoms with Gasteiger partial charge >= 0.3 is 0 Å². The van der Waals surface area contributed by atoms with Crippen LogP contribution in [0.3, 0.4) is 0 Å². The number of hydrogen-bond acceptors (Lipinski definition) is 3. The van der Waals surface area contributed by atoms with Crippen molar-refractivity contribution in [3.8, 4) is 6.07 Å². The Morgan fingerprint density at radius 2 is 1.63 bits per heavy atom. The summed E-state index contributed by atoms with van der Waals surface area (Å²) in [4.78, 5) is 0. The Labute approximate surface area is 186 Å². The first kappa shape index (κ1) is 25.7. The van der Waals surface area contributed by atoms with Gasteiger partial charge in [0.2, 0.25) is 0 Å². The van der Waals surface area contributed by atoms with Gasteiger partial charge in [0.1, 0.15) is 0 Å². The summed E-state index contributed by atoms with van der Waals surface area (Å²) in [7, 11) is 0. The van der Waals surface area contributed by atoms with Crippen LogP contribution in [0.25, 0.3) is 0 Å². The molecule has 0 spiro atoms. The van der Waals surface area contributed by atoms with Crippen LogP contribution in [-0.2, 0) is 0 Å². The molecule has 5 unspecified atom stereocenters. The number of nitrogens with zero attached hydrogens (tertiary/aromatic N) is 1. The second kappa shape index (κ2) is 11.9. The van der Waals surface area contributed by atoms with Gasteiger partial charge in [-0.25, -0.2) is 0 Å². The molecule has 2 aliphatic carbocycles. The van der Waals surface area contributed by atoms with Crippen molar-refractivity contribution in [3.63, 3.8) is 0 Å². The third kappa shape index (κ3) is 6.46. The fourth-order valence-corrected chi connectivity index (χ4v) is 7.51. The molecule has 2 N–H and O–H groups in total. The molecule has 2 saturated carbocycles. The summed E-state index contributed by atoms with van der Waals surface area (Å²) >= 11 is 0. The van der Waals surface area contributed by atoms with Crippen LogP contribution in [0.1, 0.15) is 112 Å². The molecule has 0 aliphatic heterocycles. The summed E-state index contributed by atoms with van der Waals surface area (Å²) in [6.45, 7) is 12.0. The van der Waals surface area contributed by atoms with Gasteiger partial charge in [0, 0.05) is 12.8 Å². The molecule has 2 rings (SSSR count). The maximum absolute atomic E-state index is 9.92. The van der Waals surface area contributed by atoms with E-state index in [-0.39, 0.29) is 0 Å². The van der Waals surface area contributed by atoms with Crippen LogP contribution in [0.15, 0.2) is 0 Å². The van der Waals surface area contributed by atoms with Crippen molar-refractivity contribution < 1.29 is 10.2 Å². The highest BCUT2D eigenvalue weighted by Gasteiger charge is 2.55. The summed E-state index contributed by atoms with van der Waals surface area (Å²) in [5, 5.41) is 28.6. The number of hydrogen-bond donors (Lipinski definition) is 2. The van der Waals surface area contributed by atoms with Crippen LogP contribution in [0, 0.1) is 58.2 Å². The molecular formula is C27H49NO2. The maximum atomic E-state index is 9.92. The highest BCUT2D eigenvalue weighted by atomic mass is 16.5. The average Bonchev–Trinajstić information content (AvgIpc) is 3.02. The van der Waals surface area contributed by atoms with Crippen molar-refractivity contribution in [1.29, 1.82) is 5.26 Å². The van der Waals surface area contributed by atoms with E-state index in [1.165, 1.54) is 51.4 Å². The van der Waals surface area contributed by atoms with Gasteiger partial charge in [-0.15, -0.1) is 0 Å². The van der Waals surface area contributed by atoms with Crippen LogP contribution in [0.2, 0.25) is 0 Å². The topological polar surface area (TPSA) is 64.2 Å². The van der Waals surface area contributed by atoms with E-state index in [0.29, 0.717) is 41.9 Å². The molecule has 174 valence electrons. The van der Waals surface area contributed by atoms with Gasteiger partial charge in [-0.2, -0.15) is 5.26 Å². The minimum atomic E-state index is -1.19. The fourth-order valence-electron chi connectivity index (χ4n) is 7.51. The van der Waals surface area contributed by atoms with Crippen molar-refractivity contribution >= 4 is 0 Å². The normalized spacial score (nSPS) is 33.5. The number of fused-ring (bicyclic) bond motifs is 1. The minimum absolute atomic E-state index is 0.369. The SMILES string of the molecule is CC(C)CCCC(C)[C@H]1CCC2[C@H](CC(O)O)C(C(C)CCCCC#N)CCC21C. The van der Waals surface area contributed by atoms with Gasteiger partial charge in [0.05, 0.1) is 6.07 Å². The molecule has 0 aromatic carbocycles. The molecule has 0 bridgehead atoms. The first-order valence-electron chi connectivity index (χ1n) is 12.9. The van der Waals surface area contributed by atoms with Crippen LogP contribution in [0.5, 0.6) is 0 Å². The molecular weight excluding hydrogens is 370 g/mol. The van der Waals surface area contributed by atoms with Crippen molar-refractivity contribution in [2.75, 3.05) is 0 Å². The lowest BCUT2D eigenvalue weighted by Crippen LogP contribution is -2.45. The van der Waals surface area contributed by atoms with Crippen molar-refractivity contribution in [1.82, 2.24) is 0 Å². The Kier molecular flexibility index (Phi) is 10.2. The molecule has 0 aromatic rings. The highest BCUT2D eigenvalue weighted by molar-refractivity contribution is 5.04. The fraction of sp³-hybridized carbons (Fsp3) is 0.963. The number of unbranched alkanes of at least 4 members (excludes halogenated alkanes) is 2. The van der Waals surface area contributed by atoms with Gasteiger partial charge in [0.25, 0.3) is 0 Å². The average molecular weight is 420 g/mol. The first-order chi connectivity index (χ1) is 14.2. The van der Waals surface area contributed by atoms with E-state index in [1.54, 1.807) is 0 Å². The Balaban J connectivity index is 2.06. The summed E-state index contributed by atoms with van der Waals surface area (Å²) in [5.41, 5.74) is 0.369. The molecule has 3 heteroatoms. The summed E-state index contributed by atoms with van der Waals surface area (Å²) in [6.07, 6.45) is 12.5. The van der Waals surface area contributed by atoms with Crippen LogP contribution >= 0.6 is 0 Å². The number of aliphatic hydroxyl groups excluding tert-OH is 1. The van der Waals surface area contributed by atoms with E-state index in [2.05, 4.69) is 40.7 Å². The van der Waals surface area contributed by atoms with Gasteiger partial charge in [0.15, 0.2) is 6.29 Å². The highest BCUT2D eigenvalue weighted by Crippen LogP contribution is 2.63. The van der Waals surface area contributed by atoms with E-state index in [9.17, 15) is 10.2 Å². The van der Waals surface area contributed by atoms with Crippen molar-refractivity contribution in [2.24, 2.45) is 46.8 Å². The molecule has 2 aliphatic rings. The second-order valence-corrected chi connectivity index (χ2v) is 11.6. The quantitative estimate of drug-likeness (QED) is 0.266. The lowest BCUT2D eigenvalue weighted by atomic mass is 9.53. The van der Waals surface area contributed by atoms with Gasteiger partial charge in [-0.3, -0.25) is 0 Å². The maximum Gasteiger partial charge on any atom is 0.151 e. The predicted octanol–water partition coefficient (Wildman–Crippen LogP) is 6.93. The summed E-state index contributed by atoms with van der Waals surface area (Å²) in [5.74, 6) is 4.64. The van der Waals surface area contributed by atoms with E-state index in [1.807, 2.05) is 0 Å². The van der Waals surface area contributed by atoms with Gasteiger partial charge in [-0.1, -0.05) is 66.7 Å². The minimum Gasteiger partial charge on any atom is -0.368 e. The summed E-state index contributed by atoms with van der Waals surface area (Å²) in [6, 6.07) is 2.26. The van der Waals surface area contributed by atoms with E-state index >= 15 is 0 Å². The van der Waals surface area contributed by atoms with E-state index in [0.717, 1.165) is 30.6 Å². The van der Waals surface area contributed by atoms with Crippen LogP contribution < -0.4 is 0 Å². The Hall–Kier alpha value is -0.590. The Bertz CT molecular complexity index is 539. The molecule has 0 amide bonds. The molecule has 3 nitrogen and oxygen atoms in total. The zero-order chi connectivity index (χ0) is 22.3. The number of rotatable bonds is 12. The van der Waals surface area contributed by atoms with Crippen molar-refractivity contribution in [3.05, 3.63) is 0 Å². The molecule has 0 aromatic heterocycles. The zero-order valence-corrected chi connectivity index (χ0v) is 20.4. The predicted molar refractivity (Wildman–Crippen MR) is 124 cm³/mol. The largest absolute Gasteiger partial charge is 0.368 e. The number of nitriles is 1. The third-order valence-corrected chi connectivity index (χ3v) is 9.11. The number of aliphatic hydroxyl groups is 2. The second-order valence-electron chi connectivity index (χ2n) is 11.6. The monoisotopic (exact) mass is 419 g/mol. The van der Waals surface area contributed by atoms with E-state index < -0.39 is 6.29 Å².